The Morgan fingerprint density at radius 3 is 2.41 bits per heavy atom. The number of carbonyl (C=O) groups is 2. The molecular formula is C21H26N2O3S. The van der Waals surface area contributed by atoms with E-state index in [0.29, 0.717) is 18.0 Å². The lowest BCUT2D eigenvalue weighted by atomic mass is 10.1. The minimum atomic E-state index is -0.368. The number of ether oxygens (including phenoxy) is 1. The van der Waals surface area contributed by atoms with Crippen molar-refractivity contribution in [3.63, 3.8) is 0 Å². The molecule has 0 unspecified atom stereocenters. The fourth-order valence-electron chi connectivity index (χ4n) is 2.38. The van der Waals surface area contributed by atoms with Gasteiger partial charge in [0.2, 0.25) is 11.8 Å². The van der Waals surface area contributed by atoms with E-state index in [0.717, 1.165) is 12.1 Å². The van der Waals surface area contributed by atoms with Gasteiger partial charge in [-0.2, -0.15) is 0 Å². The normalized spacial score (nSPS) is 11.5. The smallest absolute Gasteiger partial charge is 0.237 e. The molecule has 2 aromatic carbocycles. The average Bonchev–Trinajstić information content (AvgIpc) is 2.68. The van der Waals surface area contributed by atoms with Gasteiger partial charge in [-0.25, -0.2) is 0 Å². The molecule has 2 N–H and O–H groups in total. The molecular weight excluding hydrogens is 360 g/mol. The monoisotopic (exact) mass is 386 g/mol. The predicted molar refractivity (Wildman–Crippen MR) is 113 cm³/mol. The second kappa shape index (κ2) is 10.6. The largest absolute Gasteiger partial charge is 0.492 e. The van der Waals surface area contributed by atoms with E-state index in [9.17, 15) is 9.59 Å². The Balaban J connectivity index is 1.82. The van der Waals surface area contributed by atoms with Gasteiger partial charge in [0.25, 0.3) is 0 Å². The maximum Gasteiger partial charge on any atom is 0.237 e. The number of hydrogen-bond acceptors (Lipinski definition) is 4. The van der Waals surface area contributed by atoms with Gasteiger partial charge in [0.1, 0.15) is 5.75 Å². The molecule has 0 aromatic heterocycles. The van der Waals surface area contributed by atoms with Gasteiger partial charge >= 0.3 is 0 Å². The maximum absolute atomic E-state index is 12.4. The summed E-state index contributed by atoms with van der Waals surface area (Å²) in [7, 11) is 0. The quantitative estimate of drug-likeness (QED) is 0.672. The average molecular weight is 387 g/mol. The summed E-state index contributed by atoms with van der Waals surface area (Å²) in [5.41, 5.74) is 2.62. The summed E-state index contributed by atoms with van der Waals surface area (Å²) in [6.45, 7) is 6.29. The number of benzene rings is 2. The molecule has 0 aliphatic rings. The second-order valence-electron chi connectivity index (χ2n) is 5.97. The number of para-hydroxylation sites is 2. The first-order chi connectivity index (χ1) is 13.0. The third-order valence-electron chi connectivity index (χ3n) is 3.92. The van der Waals surface area contributed by atoms with Crippen LogP contribution < -0.4 is 15.4 Å². The molecule has 0 radical (unpaired) electrons. The SMILES string of the molecule is CCOc1ccccc1NC(=O)[C@@H](C)SCC(=O)Nc1ccc(CC)cc1. The third kappa shape index (κ3) is 6.64. The maximum atomic E-state index is 12.4. The first-order valence-corrected chi connectivity index (χ1v) is 10.1. The Kier molecular flexibility index (Phi) is 8.20. The first-order valence-electron chi connectivity index (χ1n) is 9.06. The van der Waals surface area contributed by atoms with Crippen LogP contribution >= 0.6 is 11.8 Å². The van der Waals surface area contributed by atoms with E-state index in [1.54, 1.807) is 13.0 Å². The summed E-state index contributed by atoms with van der Waals surface area (Å²) < 4.78 is 5.51. The highest BCUT2D eigenvalue weighted by Gasteiger charge is 2.17. The van der Waals surface area contributed by atoms with E-state index < -0.39 is 0 Å². The van der Waals surface area contributed by atoms with Crippen molar-refractivity contribution in [2.24, 2.45) is 0 Å². The van der Waals surface area contributed by atoms with Crippen LogP contribution in [0, 0.1) is 0 Å². The van der Waals surface area contributed by atoms with Crippen molar-refractivity contribution in [3.05, 3.63) is 54.1 Å². The fourth-order valence-corrected chi connectivity index (χ4v) is 3.07. The Morgan fingerprint density at radius 1 is 1.04 bits per heavy atom. The summed E-state index contributed by atoms with van der Waals surface area (Å²) in [5.74, 6) is 0.557. The van der Waals surface area contributed by atoms with E-state index in [-0.39, 0.29) is 22.8 Å². The highest BCUT2D eigenvalue weighted by molar-refractivity contribution is 8.01. The molecule has 0 aliphatic carbocycles. The molecule has 144 valence electrons. The molecule has 0 saturated heterocycles. The lowest BCUT2D eigenvalue weighted by Crippen LogP contribution is -2.25. The van der Waals surface area contributed by atoms with E-state index in [2.05, 4.69) is 17.6 Å². The summed E-state index contributed by atoms with van der Waals surface area (Å²) in [4.78, 5) is 24.5. The van der Waals surface area contributed by atoms with Crippen LogP contribution in [0.4, 0.5) is 11.4 Å². The molecule has 2 rings (SSSR count). The molecule has 1 atom stereocenters. The van der Waals surface area contributed by atoms with Crippen LogP contribution in [0.1, 0.15) is 26.3 Å². The second-order valence-corrected chi connectivity index (χ2v) is 7.30. The van der Waals surface area contributed by atoms with Gasteiger partial charge in [-0.05, 0) is 50.1 Å². The number of hydrogen-bond donors (Lipinski definition) is 2. The number of rotatable bonds is 9. The van der Waals surface area contributed by atoms with Crippen LogP contribution in [-0.2, 0) is 16.0 Å². The molecule has 2 amide bonds. The van der Waals surface area contributed by atoms with Crippen molar-refractivity contribution in [3.8, 4) is 5.75 Å². The van der Waals surface area contributed by atoms with Crippen LogP contribution in [0.3, 0.4) is 0 Å². The van der Waals surface area contributed by atoms with Crippen molar-refractivity contribution >= 4 is 35.0 Å². The molecule has 6 heteroatoms. The highest BCUT2D eigenvalue weighted by Crippen LogP contribution is 2.25. The first kappa shape index (κ1) is 20.8. The van der Waals surface area contributed by atoms with Crippen molar-refractivity contribution in [2.75, 3.05) is 23.0 Å². The van der Waals surface area contributed by atoms with E-state index >= 15 is 0 Å². The van der Waals surface area contributed by atoms with E-state index in [1.807, 2.05) is 49.4 Å². The molecule has 0 aliphatic heterocycles. The zero-order valence-electron chi connectivity index (χ0n) is 16.0. The van der Waals surface area contributed by atoms with Crippen molar-refractivity contribution in [1.29, 1.82) is 0 Å². The summed E-state index contributed by atoms with van der Waals surface area (Å²) in [6.07, 6.45) is 0.961. The van der Waals surface area contributed by atoms with E-state index in [4.69, 9.17) is 4.74 Å². The third-order valence-corrected chi connectivity index (χ3v) is 5.07. The zero-order chi connectivity index (χ0) is 19.6. The molecule has 2 aromatic rings. The fraction of sp³-hybridized carbons (Fsp3) is 0.333. The number of thioether (sulfide) groups is 1. The molecule has 5 nitrogen and oxygen atoms in total. The topological polar surface area (TPSA) is 67.4 Å². The van der Waals surface area contributed by atoms with Gasteiger partial charge in [0.15, 0.2) is 0 Å². The molecule has 0 spiro atoms. The molecule has 0 heterocycles. The Labute approximate surface area is 164 Å². The summed E-state index contributed by atoms with van der Waals surface area (Å²) >= 11 is 1.29. The lowest BCUT2D eigenvalue weighted by molar-refractivity contribution is -0.115. The minimum Gasteiger partial charge on any atom is -0.492 e. The number of carbonyl (C=O) groups excluding carboxylic acids is 2. The molecule has 27 heavy (non-hydrogen) atoms. The van der Waals surface area contributed by atoms with Gasteiger partial charge in [-0.1, -0.05) is 31.2 Å². The van der Waals surface area contributed by atoms with Gasteiger partial charge in [-0.3, -0.25) is 9.59 Å². The van der Waals surface area contributed by atoms with Gasteiger partial charge in [0.05, 0.1) is 23.3 Å². The number of aryl methyl sites for hydroxylation is 1. The predicted octanol–water partition coefficient (Wildman–Crippen LogP) is 4.35. The van der Waals surface area contributed by atoms with Crippen molar-refractivity contribution in [1.82, 2.24) is 0 Å². The van der Waals surface area contributed by atoms with Crippen LogP contribution in [-0.4, -0.2) is 29.4 Å². The zero-order valence-corrected chi connectivity index (χ0v) is 16.8. The van der Waals surface area contributed by atoms with Crippen LogP contribution in [0.25, 0.3) is 0 Å². The van der Waals surface area contributed by atoms with Crippen LogP contribution in [0.15, 0.2) is 48.5 Å². The van der Waals surface area contributed by atoms with Gasteiger partial charge in [-0.15, -0.1) is 11.8 Å². The van der Waals surface area contributed by atoms with Gasteiger partial charge < -0.3 is 15.4 Å². The Morgan fingerprint density at radius 2 is 1.74 bits per heavy atom. The standard InChI is InChI=1S/C21H26N2O3S/c1-4-16-10-12-17(13-11-16)22-20(24)14-27-15(3)21(25)23-18-8-6-7-9-19(18)26-5-2/h6-13,15H,4-5,14H2,1-3H3,(H,22,24)(H,23,25)/t15-/m1/s1. The highest BCUT2D eigenvalue weighted by atomic mass is 32.2. The number of nitrogens with one attached hydrogen (secondary N) is 2. The van der Waals surface area contributed by atoms with Crippen LogP contribution in [0.5, 0.6) is 5.75 Å². The summed E-state index contributed by atoms with van der Waals surface area (Å²) in [5, 5.41) is 5.35. The van der Waals surface area contributed by atoms with Gasteiger partial charge in [0, 0.05) is 5.69 Å². The summed E-state index contributed by atoms with van der Waals surface area (Å²) in [6, 6.07) is 15.1. The number of amides is 2. The minimum absolute atomic E-state index is 0.126. The van der Waals surface area contributed by atoms with Crippen LogP contribution in [0.2, 0.25) is 0 Å². The van der Waals surface area contributed by atoms with E-state index in [1.165, 1.54) is 17.3 Å². The number of anilines is 2. The Hall–Kier alpha value is -2.47. The molecule has 0 bridgehead atoms. The van der Waals surface area contributed by atoms with Crippen molar-refractivity contribution in [2.45, 2.75) is 32.4 Å². The molecule has 0 fully saturated rings. The van der Waals surface area contributed by atoms with Crippen molar-refractivity contribution < 1.29 is 14.3 Å². The molecule has 0 saturated carbocycles. The lowest BCUT2D eigenvalue weighted by Gasteiger charge is -2.14. The Bertz CT molecular complexity index is 762.